The highest BCUT2D eigenvalue weighted by Gasteiger charge is 2.14. The molecule has 0 saturated carbocycles. The van der Waals surface area contributed by atoms with Gasteiger partial charge in [-0.3, -0.25) is 14.2 Å². The fourth-order valence-corrected chi connectivity index (χ4v) is 3.78. The molecule has 1 amide bonds. The Hall–Kier alpha value is -3.41. The summed E-state index contributed by atoms with van der Waals surface area (Å²) in [5, 5.41) is 3.37. The Bertz CT molecular complexity index is 1180. The summed E-state index contributed by atoms with van der Waals surface area (Å²) < 4.78 is 7.41. The zero-order valence-corrected chi connectivity index (χ0v) is 17.9. The third-order valence-electron chi connectivity index (χ3n) is 5.26. The molecular weight excluding hydrogens is 390 g/mol. The van der Waals surface area contributed by atoms with Gasteiger partial charge in [-0.15, -0.1) is 0 Å². The van der Waals surface area contributed by atoms with Crippen LogP contribution in [-0.2, 0) is 17.8 Å². The predicted octanol–water partition coefficient (Wildman–Crippen LogP) is 4.56. The number of nitrogens with one attached hydrogen (secondary N) is 1. The summed E-state index contributed by atoms with van der Waals surface area (Å²) in [6.45, 7) is 4.66. The second kappa shape index (κ2) is 9.16. The van der Waals surface area contributed by atoms with Gasteiger partial charge in [-0.1, -0.05) is 18.6 Å². The van der Waals surface area contributed by atoms with Gasteiger partial charge in [-0.2, -0.15) is 0 Å². The standard InChI is InChI=1S/C25H27N3O3/c1-17(2)31-20-11-7-18(8-12-20)9-14-24(29)26-19-10-13-22-21(16-19)25(30)28-15-5-3-4-6-23(28)27-22/h7-14,16-17H,3-6,15H2,1-2H3,(H,26,29). The summed E-state index contributed by atoms with van der Waals surface area (Å²) in [7, 11) is 0. The number of ether oxygens (including phenoxy) is 1. The molecule has 1 aliphatic heterocycles. The minimum absolute atomic E-state index is 0.0303. The van der Waals surface area contributed by atoms with Gasteiger partial charge in [0.15, 0.2) is 0 Å². The molecule has 0 aliphatic carbocycles. The van der Waals surface area contributed by atoms with Crippen molar-refractivity contribution in [2.45, 2.75) is 52.2 Å². The van der Waals surface area contributed by atoms with Gasteiger partial charge in [-0.05, 0) is 68.7 Å². The van der Waals surface area contributed by atoms with Gasteiger partial charge < -0.3 is 10.1 Å². The summed E-state index contributed by atoms with van der Waals surface area (Å²) >= 11 is 0. The molecule has 0 atom stereocenters. The molecule has 2 aromatic carbocycles. The summed E-state index contributed by atoms with van der Waals surface area (Å²) in [4.78, 5) is 30.0. The van der Waals surface area contributed by atoms with Crippen molar-refractivity contribution >= 4 is 28.6 Å². The van der Waals surface area contributed by atoms with E-state index in [2.05, 4.69) is 10.3 Å². The van der Waals surface area contributed by atoms with E-state index < -0.39 is 0 Å². The van der Waals surface area contributed by atoms with Gasteiger partial charge >= 0.3 is 0 Å². The molecule has 2 heterocycles. The number of hydrogen-bond acceptors (Lipinski definition) is 4. The maximum Gasteiger partial charge on any atom is 0.261 e. The predicted molar refractivity (Wildman–Crippen MR) is 123 cm³/mol. The molecule has 1 N–H and O–H groups in total. The molecule has 1 aliphatic rings. The maximum absolute atomic E-state index is 13.0. The van der Waals surface area contributed by atoms with Crippen LogP contribution < -0.4 is 15.6 Å². The van der Waals surface area contributed by atoms with Crippen molar-refractivity contribution in [3.8, 4) is 5.75 Å². The minimum Gasteiger partial charge on any atom is -0.491 e. The van der Waals surface area contributed by atoms with Crippen LogP contribution in [-0.4, -0.2) is 21.6 Å². The monoisotopic (exact) mass is 417 g/mol. The number of benzene rings is 2. The van der Waals surface area contributed by atoms with Crippen molar-refractivity contribution in [3.05, 3.63) is 70.3 Å². The highest BCUT2D eigenvalue weighted by Crippen LogP contribution is 2.19. The van der Waals surface area contributed by atoms with Gasteiger partial charge in [0.1, 0.15) is 11.6 Å². The number of carbonyl (C=O) groups is 1. The number of hydrogen-bond donors (Lipinski definition) is 1. The number of rotatable bonds is 5. The Labute approximate surface area is 181 Å². The van der Waals surface area contributed by atoms with Crippen LogP contribution in [0.25, 0.3) is 17.0 Å². The molecule has 0 spiro atoms. The van der Waals surface area contributed by atoms with E-state index in [1.54, 1.807) is 28.8 Å². The van der Waals surface area contributed by atoms with Crippen molar-refractivity contribution in [3.63, 3.8) is 0 Å². The molecular formula is C25H27N3O3. The molecule has 0 saturated heterocycles. The summed E-state index contributed by atoms with van der Waals surface area (Å²) in [6.07, 6.45) is 7.33. The molecule has 0 radical (unpaired) electrons. The van der Waals surface area contributed by atoms with Crippen LogP contribution in [0.15, 0.2) is 53.3 Å². The number of aryl methyl sites for hydroxylation is 1. The third-order valence-corrected chi connectivity index (χ3v) is 5.26. The van der Waals surface area contributed by atoms with Crippen LogP contribution in [0.1, 0.15) is 44.5 Å². The molecule has 31 heavy (non-hydrogen) atoms. The van der Waals surface area contributed by atoms with Crippen molar-refractivity contribution in [1.82, 2.24) is 9.55 Å². The lowest BCUT2D eigenvalue weighted by Gasteiger charge is -2.11. The molecule has 6 heteroatoms. The fourth-order valence-electron chi connectivity index (χ4n) is 3.78. The van der Waals surface area contributed by atoms with Gasteiger partial charge in [0.25, 0.3) is 5.56 Å². The lowest BCUT2D eigenvalue weighted by molar-refractivity contribution is -0.111. The first kappa shape index (κ1) is 20.8. The molecule has 160 valence electrons. The van der Waals surface area contributed by atoms with E-state index >= 15 is 0 Å². The number of nitrogens with zero attached hydrogens (tertiary/aromatic N) is 2. The Morgan fingerprint density at radius 1 is 1.13 bits per heavy atom. The van der Waals surface area contributed by atoms with E-state index in [1.165, 1.54) is 6.08 Å². The minimum atomic E-state index is -0.260. The maximum atomic E-state index is 13.0. The Kier molecular flexibility index (Phi) is 6.16. The Morgan fingerprint density at radius 3 is 2.71 bits per heavy atom. The lowest BCUT2D eigenvalue weighted by atomic mass is 10.2. The van der Waals surface area contributed by atoms with Crippen LogP contribution in [0.3, 0.4) is 0 Å². The van der Waals surface area contributed by atoms with E-state index in [9.17, 15) is 9.59 Å². The van der Waals surface area contributed by atoms with Crippen molar-refractivity contribution < 1.29 is 9.53 Å². The number of anilines is 1. The van der Waals surface area contributed by atoms with Crippen molar-refractivity contribution in [1.29, 1.82) is 0 Å². The molecule has 0 unspecified atom stereocenters. The van der Waals surface area contributed by atoms with Crippen LogP contribution in [0.4, 0.5) is 5.69 Å². The van der Waals surface area contributed by atoms with E-state index in [-0.39, 0.29) is 17.6 Å². The Balaban J connectivity index is 1.49. The van der Waals surface area contributed by atoms with Crippen molar-refractivity contribution in [2.75, 3.05) is 5.32 Å². The topological polar surface area (TPSA) is 73.2 Å². The molecule has 1 aromatic heterocycles. The SMILES string of the molecule is CC(C)Oc1ccc(C=CC(=O)Nc2ccc3nc4n(c(=O)c3c2)CCCCC4)cc1. The van der Waals surface area contributed by atoms with E-state index in [0.717, 1.165) is 42.8 Å². The molecule has 6 nitrogen and oxygen atoms in total. The zero-order valence-electron chi connectivity index (χ0n) is 17.9. The van der Waals surface area contributed by atoms with Crippen molar-refractivity contribution in [2.24, 2.45) is 0 Å². The largest absolute Gasteiger partial charge is 0.491 e. The van der Waals surface area contributed by atoms with Gasteiger partial charge in [0.05, 0.1) is 17.0 Å². The first-order chi connectivity index (χ1) is 15.0. The van der Waals surface area contributed by atoms with Crippen LogP contribution >= 0.6 is 0 Å². The number of aromatic nitrogens is 2. The quantitative estimate of drug-likeness (QED) is 0.618. The Morgan fingerprint density at radius 2 is 1.94 bits per heavy atom. The average molecular weight is 418 g/mol. The van der Waals surface area contributed by atoms with Crippen LogP contribution in [0, 0.1) is 0 Å². The van der Waals surface area contributed by atoms with Gasteiger partial charge in [-0.25, -0.2) is 4.98 Å². The smallest absolute Gasteiger partial charge is 0.261 e. The highest BCUT2D eigenvalue weighted by molar-refractivity contribution is 6.02. The molecule has 0 fully saturated rings. The number of amides is 1. The molecule has 4 rings (SSSR count). The normalized spacial score (nSPS) is 13.9. The molecule has 3 aromatic rings. The van der Waals surface area contributed by atoms with E-state index in [4.69, 9.17) is 4.74 Å². The van der Waals surface area contributed by atoms with Gasteiger partial charge in [0, 0.05) is 24.7 Å². The van der Waals surface area contributed by atoms with Gasteiger partial charge in [0.2, 0.25) is 5.91 Å². The van der Waals surface area contributed by atoms with E-state index in [0.29, 0.717) is 23.1 Å². The zero-order chi connectivity index (χ0) is 21.8. The third kappa shape index (κ3) is 5.02. The molecule has 0 bridgehead atoms. The van der Waals surface area contributed by atoms with Crippen LogP contribution in [0.2, 0.25) is 0 Å². The summed E-state index contributed by atoms with van der Waals surface area (Å²) in [6, 6.07) is 12.9. The first-order valence-corrected chi connectivity index (χ1v) is 10.8. The van der Waals surface area contributed by atoms with Crippen LogP contribution in [0.5, 0.6) is 5.75 Å². The first-order valence-electron chi connectivity index (χ1n) is 10.8. The highest BCUT2D eigenvalue weighted by atomic mass is 16.5. The number of fused-ring (bicyclic) bond motifs is 2. The average Bonchev–Trinajstić information content (AvgIpc) is 2.99. The van der Waals surface area contributed by atoms with E-state index in [1.807, 2.05) is 38.1 Å². The number of carbonyl (C=O) groups excluding carboxylic acids is 1. The lowest BCUT2D eigenvalue weighted by Crippen LogP contribution is -2.24. The second-order valence-corrected chi connectivity index (χ2v) is 8.09. The fraction of sp³-hybridized carbons (Fsp3) is 0.320. The summed E-state index contributed by atoms with van der Waals surface area (Å²) in [5.41, 5.74) is 2.12. The second-order valence-electron chi connectivity index (χ2n) is 8.09. The summed E-state index contributed by atoms with van der Waals surface area (Å²) in [5.74, 6) is 1.40.